The van der Waals surface area contributed by atoms with Crippen molar-refractivity contribution in [2.45, 2.75) is 45.6 Å². The van der Waals surface area contributed by atoms with Crippen molar-refractivity contribution in [1.29, 1.82) is 0 Å². The van der Waals surface area contributed by atoms with Crippen LogP contribution in [0.5, 0.6) is 5.75 Å². The first-order valence-corrected chi connectivity index (χ1v) is 7.77. The van der Waals surface area contributed by atoms with Gasteiger partial charge in [-0.25, -0.2) is 9.97 Å². The largest absolute Gasteiger partial charge is 0.490 e. The number of nitrogens with one attached hydrogen (secondary N) is 1. The molecule has 0 amide bonds. The summed E-state index contributed by atoms with van der Waals surface area (Å²) in [6.45, 7) is 4.41. The van der Waals surface area contributed by atoms with E-state index in [2.05, 4.69) is 41.3 Å². The van der Waals surface area contributed by atoms with E-state index in [1.807, 2.05) is 7.05 Å². The zero-order valence-electron chi connectivity index (χ0n) is 13.0. The van der Waals surface area contributed by atoms with Crippen LogP contribution >= 0.6 is 0 Å². The van der Waals surface area contributed by atoms with Crippen molar-refractivity contribution in [2.24, 2.45) is 5.92 Å². The van der Waals surface area contributed by atoms with Gasteiger partial charge in [0.15, 0.2) is 0 Å². The van der Waals surface area contributed by atoms with Crippen molar-refractivity contribution < 1.29 is 4.74 Å². The third kappa shape index (κ3) is 2.94. The zero-order valence-corrected chi connectivity index (χ0v) is 13.0. The van der Waals surface area contributed by atoms with Gasteiger partial charge in [-0.15, -0.1) is 0 Å². The quantitative estimate of drug-likeness (QED) is 0.928. The second-order valence-corrected chi connectivity index (χ2v) is 6.11. The molecule has 1 aromatic heterocycles. The number of hydrogen-bond donors (Lipinski definition) is 1. The highest BCUT2D eigenvalue weighted by atomic mass is 16.5. The van der Waals surface area contributed by atoms with Gasteiger partial charge < -0.3 is 10.1 Å². The molecular formula is C17H23N3O. The third-order valence-electron chi connectivity index (χ3n) is 4.43. The molecule has 4 nitrogen and oxygen atoms in total. The van der Waals surface area contributed by atoms with Gasteiger partial charge in [-0.2, -0.15) is 0 Å². The maximum atomic E-state index is 6.26. The van der Waals surface area contributed by atoms with Gasteiger partial charge in [-0.3, -0.25) is 0 Å². The molecule has 3 rings (SSSR count). The molecule has 0 unspecified atom stereocenters. The SMILES string of the molecule is CNc1ncnc2cc(C)c(OC3CCC(C)CC3)cc12. The van der Waals surface area contributed by atoms with E-state index in [0.717, 1.165) is 46.8 Å². The molecule has 0 aliphatic heterocycles. The summed E-state index contributed by atoms with van der Waals surface area (Å²) in [5.74, 6) is 2.65. The minimum absolute atomic E-state index is 0.347. The Bertz CT molecular complexity index is 633. The van der Waals surface area contributed by atoms with Crippen LogP contribution in [-0.4, -0.2) is 23.1 Å². The van der Waals surface area contributed by atoms with Crippen molar-refractivity contribution in [3.8, 4) is 5.75 Å². The highest BCUT2D eigenvalue weighted by molar-refractivity contribution is 5.90. The number of aromatic nitrogens is 2. The lowest BCUT2D eigenvalue weighted by Crippen LogP contribution is -2.23. The third-order valence-corrected chi connectivity index (χ3v) is 4.43. The fourth-order valence-electron chi connectivity index (χ4n) is 3.04. The Balaban J connectivity index is 1.89. The number of anilines is 1. The van der Waals surface area contributed by atoms with E-state index in [1.165, 1.54) is 12.8 Å². The molecule has 1 aliphatic rings. The lowest BCUT2D eigenvalue weighted by molar-refractivity contribution is 0.135. The highest BCUT2D eigenvalue weighted by Crippen LogP contribution is 2.32. The van der Waals surface area contributed by atoms with Crippen molar-refractivity contribution in [3.05, 3.63) is 24.0 Å². The van der Waals surface area contributed by atoms with Crippen LogP contribution in [0.4, 0.5) is 5.82 Å². The molecule has 21 heavy (non-hydrogen) atoms. The van der Waals surface area contributed by atoms with Crippen molar-refractivity contribution >= 4 is 16.7 Å². The summed E-state index contributed by atoms with van der Waals surface area (Å²) >= 11 is 0. The standard InChI is InChI=1S/C17H23N3O/c1-11-4-6-13(7-5-11)21-16-9-14-15(8-12(16)2)19-10-20-17(14)18-3/h8-11,13H,4-7H2,1-3H3,(H,18,19,20). The average Bonchev–Trinajstić information content (AvgIpc) is 2.49. The number of aryl methyl sites for hydroxylation is 1. The van der Waals surface area contributed by atoms with Crippen LogP contribution in [0.3, 0.4) is 0 Å². The van der Waals surface area contributed by atoms with Gasteiger partial charge >= 0.3 is 0 Å². The van der Waals surface area contributed by atoms with Gasteiger partial charge in [-0.05, 0) is 56.2 Å². The summed E-state index contributed by atoms with van der Waals surface area (Å²) in [6, 6.07) is 4.16. The average molecular weight is 285 g/mol. The molecule has 0 radical (unpaired) electrons. The molecule has 1 N–H and O–H groups in total. The lowest BCUT2D eigenvalue weighted by Gasteiger charge is -2.27. The van der Waals surface area contributed by atoms with Gasteiger partial charge in [-0.1, -0.05) is 6.92 Å². The monoisotopic (exact) mass is 285 g/mol. The fraction of sp³-hybridized carbons (Fsp3) is 0.529. The summed E-state index contributed by atoms with van der Waals surface area (Å²) in [6.07, 6.45) is 6.78. The Labute approximate surface area is 125 Å². The highest BCUT2D eigenvalue weighted by Gasteiger charge is 2.20. The number of benzene rings is 1. The second kappa shape index (κ2) is 5.88. The van der Waals surface area contributed by atoms with Crippen molar-refractivity contribution in [1.82, 2.24) is 9.97 Å². The lowest BCUT2D eigenvalue weighted by atomic mass is 9.89. The van der Waals surface area contributed by atoms with Crippen LogP contribution in [0, 0.1) is 12.8 Å². The Morgan fingerprint density at radius 3 is 2.62 bits per heavy atom. The summed E-state index contributed by atoms with van der Waals surface area (Å²) in [4.78, 5) is 8.62. The molecule has 2 aromatic rings. The fourth-order valence-corrected chi connectivity index (χ4v) is 3.04. The Hall–Kier alpha value is -1.84. The minimum atomic E-state index is 0.347. The molecule has 1 saturated carbocycles. The minimum Gasteiger partial charge on any atom is -0.490 e. The van der Waals surface area contributed by atoms with Crippen LogP contribution in [-0.2, 0) is 0 Å². The Morgan fingerprint density at radius 2 is 1.90 bits per heavy atom. The van der Waals surface area contributed by atoms with E-state index in [-0.39, 0.29) is 0 Å². The van der Waals surface area contributed by atoms with Crippen LogP contribution in [0.2, 0.25) is 0 Å². The van der Waals surface area contributed by atoms with Gasteiger partial charge in [0, 0.05) is 12.4 Å². The molecule has 1 heterocycles. The topological polar surface area (TPSA) is 47.0 Å². The van der Waals surface area contributed by atoms with E-state index in [1.54, 1.807) is 6.33 Å². The smallest absolute Gasteiger partial charge is 0.137 e. The first-order chi connectivity index (χ1) is 10.2. The maximum absolute atomic E-state index is 6.26. The Kier molecular flexibility index (Phi) is 3.95. The maximum Gasteiger partial charge on any atom is 0.137 e. The van der Waals surface area contributed by atoms with E-state index in [9.17, 15) is 0 Å². The zero-order chi connectivity index (χ0) is 14.8. The molecule has 1 fully saturated rings. The second-order valence-electron chi connectivity index (χ2n) is 6.11. The van der Waals surface area contributed by atoms with E-state index in [0.29, 0.717) is 6.10 Å². The molecule has 0 saturated heterocycles. The number of nitrogens with zero attached hydrogens (tertiary/aromatic N) is 2. The Morgan fingerprint density at radius 1 is 1.14 bits per heavy atom. The number of ether oxygens (including phenoxy) is 1. The summed E-state index contributed by atoms with van der Waals surface area (Å²) < 4.78 is 6.26. The summed E-state index contributed by atoms with van der Waals surface area (Å²) in [5.41, 5.74) is 2.10. The van der Waals surface area contributed by atoms with E-state index < -0.39 is 0 Å². The van der Waals surface area contributed by atoms with Crippen molar-refractivity contribution in [3.63, 3.8) is 0 Å². The van der Waals surface area contributed by atoms with E-state index >= 15 is 0 Å². The molecule has 1 aromatic carbocycles. The molecule has 0 spiro atoms. The molecule has 1 aliphatic carbocycles. The predicted octanol–water partition coefficient (Wildman–Crippen LogP) is 3.94. The van der Waals surface area contributed by atoms with Crippen molar-refractivity contribution in [2.75, 3.05) is 12.4 Å². The first kappa shape index (κ1) is 14.1. The molecule has 112 valence electrons. The first-order valence-electron chi connectivity index (χ1n) is 7.77. The summed E-state index contributed by atoms with van der Waals surface area (Å²) in [7, 11) is 1.88. The predicted molar refractivity (Wildman–Crippen MR) is 85.9 cm³/mol. The van der Waals surface area contributed by atoms with Crippen LogP contribution in [0.1, 0.15) is 38.2 Å². The summed E-state index contributed by atoms with van der Waals surface area (Å²) in [5, 5.41) is 4.14. The van der Waals surface area contributed by atoms with Crippen LogP contribution in [0.25, 0.3) is 10.9 Å². The van der Waals surface area contributed by atoms with Gasteiger partial charge in [0.05, 0.1) is 11.6 Å². The van der Waals surface area contributed by atoms with Crippen LogP contribution in [0.15, 0.2) is 18.5 Å². The normalized spacial score (nSPS) is 22.2. The number of hydrogen-bond acceptors (Lipinski definition) is 4. The van der Waals surface area contributed by atoms with E-state index in [4.69, 9.17) is 4.74 Å². The van der Waals surface area contributed by atoms with Crippen LogP contribution < -0.4 is 10.1 Å². The van der Waals surface area contributed by atoms with Gasteiger partial charge in [0.25, 0.3) is 0 Å². The molecule has 0 bridgehead atoms. The number of rotatable bonds is 3. The van der Waals surface area contributed by atoms with Gasteiger partial charge in [0.2, 0.25) is 0 Å². The molecule has 4 heteroatoms. The molecule has 0 atom stereocenters. The van der Waals surface area contributed by atoms with Gasteiger partial charge in [0.1, 0.15) is 17.9 Å². The number of fused-ring (bicyclic) bond motifs is 1. The molecular weight excluding hydrogens is 262 g/mol.